The van der Waals surface area contributed by atoms with Gasteiger partial charge in [0.1, 0.15) is 10.7 Å². The van der Waals surface area contributed by atoms with Crippen LogP contribution in [-0.4, -0.2) is 26.3 Å². The largest absolute Gasteiger partial charge is 0.398 e. The summed E-state index contributed by atoms with van der Waals surface area (Å²) in [7, 11) is -2.54. The van der Waals surface area contributed by atoms with Crippen molar-refractivity contribution in [3.05, 3.63) is 34.6 Å². The van der Waals surface area contributed by atoms with Crippen LogP contribution < -0.4 is 5.73 Å². The Hall–Kier alpha value is -0.920. The van der Waals surface area contributed by atoms with Gasteiger partial charge in [-0.2, -0.15) is 4.31 Å². The molecule has 0 saturated heterocycles. The van der Waals surface area contributed by atoms with Crippen molar-refractivity contribution in [1.82, 2.24) is 4.31 Å². The molecule has 0 bridgehead atoms. The van der Waals surface area contributed by atoms with Crippen LogP contribution in [0.1, 0.15) is 6.92 Å². The molecule has 1 aromatic carbocycles. The van der Waals surface area contributed by atoms with Gasteiger partial charge in [-0.25, -0.2) is 12.8 Å². The molecule has 4 nitrogen and oxygen atoms in total. The van der Waals surface area contributed by atoms with Crippen LogP contribution in [0.3, 0.4) is 0 Å². The lowest BCUT2D eigenvalue weighted by molar-refractivity contribution is 0.484. The summed E-state index contributed by atoms with van der Waals surface area (Å²) >= 11 is 3.04. The van der Waals surface area contributed by atoms with Gasteiger partial charge < -0.3 is 5.73 Å². The van der Waals surface area contributed by atoms with Crippen molar-refractivity contribution in [3.8, 4) is 0 Å². The summed E-state index contributed by atoms with van der Waals surface area (Å²) in [5, 5.41) is 0. The quantitative estimate of drug-likeness (QED) is 0.678. The number of nitrogens with zero attached hydrogens (tertiary/aromatic N) is 1. The SMILES string of the molecule is C=C(C)CN(C)S(=O)(=O)c1cc(N)c(Br)cc1F. The number of benzene rings is 1. The van der Waals surface area contributed by atoms with Crippen molar-refractivity contribution in [2.24, 2.45) is 0 Å². The molecule has 7 heteroatoms. The molecule has 0 saturated carbocycles. The lowest BCUT2D eigenvalue weighted by Crippen LogP contribution is -2.29. The summed E-state index contributed by atoms with van der Waals surface area (Å²) in [6, 6.07) is 2.14. The third-order valence-corrected chi connectivity index (χ3v) is 4.74. The molecule has 0 unspecified atom stereocenters. The van der Waals surface area contributed by atoms with E-state index in [1.54, 1.807) is 6.92 Å². The van der Waals surface area contributed by atoms with Crippen molar-refractivity contribution in [1.29, 1.82) is 0 Å². The van der Waals surface area contributed by atoms with Gasteiger partial charge in [-0.05, 0) is 35.0 Å². The molecule has 100 valence electrons. The van der Waals surface area contributed by atoms with Gasteiger partial charge in [0.05, 0.1) is 0 Å². The number of halogens is 2. The predicted octanol–water partition coefficient (Wildman–Crippen LogP) is 2.37. The van der Waals surface area contributed by atoms with Crippen molar-refractivity contribution in [2.75, 3.05) is 19.3 Å². The highest BCUT2D eigenvalue weighted by atomic mass is 79.9. The second-order valence-electron chi connectivity index (χ2n) is 4.02. The fourth-order valence-electron chi connectivity index (χ4n) is 1.38. The Labute approximate surface area is 114 Å². The number of anilines is 1. The van der Waals surface area contributed by atoms with Crippen molar-refractivity contribution in [3.63, 3.8) is 0 Å². The van der Waals surface area contributed by atoms with Gasteiger partial charge >= 0.3 is 0 Å². The minimum absolute atomic E-state index is 0.123. The van der Waals surface area contributed by atoms with E-state index in [0.717, 1.165) is 16.4 Å². The minimum Gasteiger partial charge on any atom is -0.398 e. The Kier molecular flexibility index (Phi) is 4.52. The zero-order valence-electron chi connectivity index (χ0n) is 10.1. The van der Waals surface area contributed by atoms with Gasteiger partial charge in [0.2, 0.25) is 10.0 Å². The topological polar surface area (TPSA) is 63.4 Å². The van der Waals surface area contributed by atoms with Gasteiger partial charge in [0.25, 0.3) is 0 Å². The van der Waals surface area contributed by atoms with E-state index < -0.39 is 20.7 Å². The van der Waals surface area contributed by atoms with E-state index in [4.69, 9.17) is 5.73 Å². The molecule has 0 spiro atoms. The molecule has 2 N–H and O–H groups in total. The number of nitrogens with two attached hydrogens (primary N) is 1. The molecule has 1 rings (SSSR count). The van der Waals surface area contributed by atoms with E-state index in [9.17, 15) is 12.8 Å². The Bertz CT molecular complexity index is 587. The standard InChI is InChI=1S/C11H14BrFN2O2S/c1-7(2)6-15(3)18(16,17)11-5-10(14)8(12)4-9(11)13/h4-5H,1,6,14H2,2-3H3. The molecule has 0 heterocycles. The highest BCUT2D eigenvalue weighted by molar-refractivity contribution is 9.10. The third-order valence-electron chi connectivity index (χ3n) is 2.23. The Morgan fingerprint density at radius 3 is 2.61 bits per heavy atom. The maximum Gasteiger partial charge on any atom is 0.246 e. The number of rotatable bonds is 4. The maximum absolute atomic E-state index is 13.7. The van der Waals surface area contributed by atoms with Crippen LogP contribution in [-0.2, 0) is 10.0 Å². The zero-order chi connectivity index (χ0) is 14.1. The fourth-order valence-corrected chi connectivity index (χ4v) is 3.00. The number of likely N-dealkylation sites (N-methyl/N-ethyl adjacent to an activating group) is 1. The molecule has 0 aliphatic heterocycles. The summed E-state index contributed by atoms with van der Waals surface area (Å²) in [6.45, 7) is 5.44. The first kappa shape index (κ1) is 15.1. The molecule has 0 fully saturated rings. The number of hydrogen-bond donors (Lipinski definition) is 1. The normalized spacial score (nSPS) is 11.8. The van der Waals surface area contributed by atoms with E-state index >= 15 is 0 Å². The molecule has 0 radical (unpaired) electrons. The highest BCUT2D eigenvalue weighted by Crippen LogP contribution is 2.27. The number of hydrogen-bond acceptors (Lipinski definition) is 3. The lowest BCUT2D eigenvalue weighted by atomic mass is 10.3. The average molecular weight is 337 g/mol. The van der Waals surface area contributed by atoms with Gasteiger partial charge in [0, 0.05) is 23.8 Å². The van der Waals surface area contributed by atoms with E-state index in [-0.39, 0.29) is 12.2 Å². The van der Waals surface area contributed by atoms with Crippen LogP contribution in [0.4, 0.5) is 10.1 Å². The lowest BCUT2D eigenvalue weighted by Gasteiger charge is -2.18. The summed E-state index contributed by atoms with van der Waals surface area (Å²) in [5.74, 6) is -0.843. The van der Waals surface area contributed by atoms with E-state index in [1.807, 2.05) is 0 Å². The summed E-state index contributed by atoms with van der Waals surface area (Å²) in [5.41, 5.74) is 6.40. The van der Waals surface area contributed by atoms with Crippen LogP contribution in [0.25, 0.3) is 0 Å². The van der Waals surface area contributed by atoms with Crippen molar-refractivity contribution in [2.45, 2.75) is 11.8 Å². The molecular formula is C11H14BrFN2O2S. The van der Waals surface area contributed by atoms with E-state index in [1.165, 1.54) is 7.05 Å². The molecular weight excluding hydrogens is 323 g/mol. The summed E-state index contributed by atoms with van der Waals surface area (Å²) in [4.78, 5) is -0.438. The first-order chi connectivity index (χ1) is 8.16. The second kappa shape index (κ2) is 5.38. The molecule has 0 atom stereocenters. The van der Waals surface area contributed by atoms with E-state index in [0.29, 0.717) is 10.0 Å². The van der Waals surface area contributed by atoms with Crippen LogP contribution >= 0.6 is 15.9 Å². The Morgan fingerprint density at radius 1 is 1.56 bits per heavy atom. The summed E-state index contributed by atoms with van der Waals surface area (Å²) < 4.78 is 39.3. The minimum atomic E-state index is -3.91. The van der Waals surface area contributed by atoms with Crippen LogP contribution in [0, 0.1) is 5.82 Å². The fraction of sp³-hybridized carbons (Fsp3) is 0.273. The molecule has 0 amide bonds. The van der Waals surface area contributed by atoms with Gasteiger partial charge in [0.15, 0.2) is 0 Å². The number of sulfonamides is 1. The first-order valence-electron chi connectivity index (χ1n) is 5.01. The van der Waals surface area contributed by atoms with Crippen LogP contribution in [0.2, 0.25) is 0 Å². The highest BCUT2D eigenvalue weighted by Gasteiger charge is 2.25. The Morgan fingerprint density at radius 2 is 2.11 bits per heavy atom. The summed E-state index contributed by atoms with van der Waals surface area (Å²) in [6.07, 6.45) is 0. The van der Waals surface area contributed by atoms with Gasteiger partial charge in [-0.1, -0.05) is 12.2 Å². The van der Waals surface area contributed by atoms with Crippen molar-refractivity contribution < 1.29 is 12.8 Å². The van der Waals surface area contributed by atoms with E-state index in [2.05, 4.69) is 22.5 Å². The smallest absolute Gasteiger partial charge is 0.246 e. The molecule has 1 aromatic rings. The third kappa shape index (κ3) is 3.09. The molecule has 18 heavy (non-hydrogen) atoms. The maximum atomic E-state index is 13.7. The zero-order valence-corrected chi connectivity index (χ0v) is 12.5. The first-order valence-corrected chi connectivity index (χ1v) is 7.24. The number of nitrogen functional groups attached to an aromatic ring is 1. The Balaban J connectivity index is 3.29. The van der Waals surface area contributed by atoms with Gasteiger partial charge in [-0.3, -0.25) is 0 Å². The monoisotopic (exact) mass is 336 g/mol. The predicted molar refractivity (Wildman–Crippen MR) is 73.1 cm³/mol. The van der Waals surface area contributed by atoms with Crippen LogP contribution in [0.5, 0.6) is 0 Å². The molecule has 0 aromatic heterocycles. The van der Waals surface area contributed by atoms with Crippen molar-refractivity contribution >= 4 is 31.6 Å². The van der Waals surface area contributed by atoms with Gasteiger partial charge in [-0.15, -0.1) is 0 Å². The molecule has 0 aliphatic carbocycles. The van der Waals surface area contributed by atoms with Crippen LogP contribution in [0.15, 0.2) is 33.7 Å². The second-order valence-corrected chi connectivity index (χ2v) is 6.89. The molecule has 0 aliphatic rings. The average Bonchev–Trinajstić information content (AvgIpc) is 2.22.